The molecule has 82 valence electrons. The maximum absolute atomic E-state index is 13.2. The Morgan fingerprint density at radius 2 is 2.20 bits per heavy atom. The Morgan fingerprint density at radius 3 is 2.80 bits per heavy atom. The summed E-state index contributed by atoms with van der Waals surface area (Å²) in [6.07, 6.45) is 3.14. The van der Waals surface area contributed by atoms with Gasteiger partial charge in [-0.1, -0.05) is 24.4 Å². The van der Waals surface area contributed by atoms with Crippen molar-refractivity contribution >= 4 is 11.6 Å². The van der Waals surface area contributed by atoms with Crippen LogP contribution in [0.5, 0.6) is 5.75 Å². The van der Waals surface area contributed by atoms with Gasteiger partial charge < -0.3 is 10.8 Å². The Balaban J connectivity index is 2.24. The third-order valence-corrected chi connectivity index (χ3v) is 2.96. The predicted molar refractivity (Wildman–Crippen MR) is 57.3 cm³/mol. The minimum Gasteiger partial charge on any atom is -0.505 e. The van der Waals surface area contributed by atoms with Crippen LogP contribution in [0.4, 0.5) is 4.39 Å². The van der Waals surface area contributed by atoms with Gasteiger partial charge in [0.15, 0.2) is 11.6 Å². The molecule has 0 unspecified atom stereocenters. The van der Waals surface area contributed by atoms with Crippen molar-refractivity contribution < 1.29 is 9.50 Å². The Hall–Kier alpha value is -0.800. The highest BCUT2D eigenvalue weighted by atomic mass is 35.5. The second-order valence-electron chi connectivity index (χ2n) is 4.11. The molecule has 2 rings (SSSR count). The largest absolute Gasteiger partial charge is 0.505 e. The van der Waals surface area contributed by atoms with E-state index in [9.17, 15) is 9.50 Å². The SMILES string of the molecule is N[C@@H](CC1CC1)c1cc(Cl)cc(F)c1O. The first-order valence-corrected chi connectivity index (χ1v) is 5.39. The van der Waals surface area contributed by atoms with Crippen molar-refractivity contribution in [2.24, 2.45) is 11.7 Å². The van der Waals surface area contributed by atoms with Gasteiger partial charge in [0.2, 0.25) is 0 Å². The lowest BCUT2D eigenvalue weighted by Gasteiger charge is -2.13. The minimum atomic E-state index is -0.705. The van der Waals surface area contributed by atoms with Crippen LogP contribution in [0.25, 0.3) is 0 Å². The lowest BCUT2D eigenvalue weighted by atomic mass is 10.0. The van der Waals surface area contributed by atoms with Crippen LogP contribution in [0.15, 0.2) is 12.1 Å². The van der Waals surface area contributed by atoms with Gasteiger partial charge in [-0.3, -0.25) is 0 Å². The summed E-state index contributed by atoms with van der Waals surface area (Å²) in [5.74, 6) is -0.447. The Kier molecular flexibility index (Phi) is 2.85. The van der Waals surface area contributed by atoms with Gasteiger partial charge in [0.1, 0.15) is 0 Å². The Bertz CT molecular complexity index is 379. The van der Waals surface area contributed by atoms with Crippen LogP contribution in [0.1, 0.15) is 30.9 Å². The molecule has 2 nitrogen and oxygen atoms in total. The Morgan fingerprint density at radius 1 is 1.53 bits per heavy atom. The van der Waals surface area contributed by atoms with E-state index in [-0.39, 0.29) is 16.8 Å². The smallest absolute Gasteiger partial charge is 0.166 e. The van der Waals surface area contributed by atoms with Crippen LogP contribution >= 0.6 is 11.6 Å². The van der Waals surface area contributed by atoms with Crippen LogP contribution in [0.3, 0.4) is 0 Å². The molecule has 0 amide bonds. The topological polar surface area (TPSA) is 46.2 Å². The van der Waals surface area contributed by atoms with E-state index >= 15 is 0 Å². The van der Waals surface area contributed by atoms with E-state index in [4.69, 9.17) is 17.3 Å². The molecule has 0 saturated heterocycles. The normalized spacial score (nSPS) is 17.8. The number of hydrogen-bond donors (Lipinski definition) is 2. The molecule has 1 atom stereocenters. The number of aromatic hydroxyl groups is 1. The van der Waals surface area contributed by atoms with Gasteiger partial charge in [-0.15, -0.1) is 0 Å². The van der Waals surface area contributed by atoms with Crippen molar-refractivity contribution in [1.29, 1.82) is 0 Å². The molecule has 0 bridgehead atoms. The van der Waals surface area contributed by atoms with Gasteiger partial charge in [0, 0.05) is 16.6 Å². The molecule has 1 fully saturated rings. The lowest BCUT2D eigenvalue weighted by molar-refractivity contribution is 0.417. The molecular formula is C11H13ClFNO. The second kappa shape index (κ2) is 3.99. The van der Waals surface area contributed by atoms with E-state index in [1.807, 2.05) is 0 Å². The number of rotatable bonds is 3. The standard InChI is InChI=1S/C11H13ClFNO/c12-7-4-8(11(15)9(13)5-7)10(14)3-6-1-2-6/h4-6,10,15H,1-3,14H2/t10-/m0/s1. The first-order valence-electron chi connectivity index (χ1n) is 5.01. The molecule has 15 heavy (non-hydrogen) atoms. The number of phenolic OH excluding ortho intramolecular Hbond substituents is 1. The lowest BCUT2D eigenvalue weighted by Crippen LogP contribution is -2.11. The number of benzene rings is 1. The van der Waals surface area contributed by atoms with E-state index < -0.39 is 5.82 Å². The highest BCUT2D eigenvalue weighted by Gasteiger charge is 2.26. The predicted octanol–water partition coefficient (Wildman–Crippen LogP) is 2.98. The van der Waals surface area contributed by atoms with Crippen molar-refractivity contribution in [2.75, 3.05) is 0 Å². The molecule has 0 heterocycles. The summed E-state index contributed by atoms with van der Waals surface area (Å²) in [7, 11) is 0. The highest BCUT2D eigenvalue weighted by Crippen LogP contribution is 2.39. The summed E-state index contributed by atoms with van der Waals surface area (Å²) in [5.41, 5.74) is 6.30. The number of hydrogen-bond acceptors (Lipinski definition) is 2. The van der Waals surface area contributed by atoms with Gasteiger partial charge in [-0.25, -0.2) is 4.39 Å². The first-order chi connectivity index (χ1) is 7.08. The van der Waals surface area contributed by atoms with Gasteiger partial charge in [-0.2, -0.15) is 0 Å². The molecule has 1 aliphatic rings. The molecule has 3 N–H and O–H groups in total. The minimum absolute atomic E-state index is 0.270. The van der Waals surface area contributed by atoms with E-state index in [2.05, 4.69) is 0 Å². The average molecular weight is 230 g/mol. The van der Waals surface area contributed by atoms with Crippen molar-refractivity contribution in [2.45, 2.75) is 25.3 Å². The van der Waals surface area contributed by atoms with Gasteiger partial charge in [0.05, 0.1) is 0 Å². The molecule has 1 saturated carbocycles. The first kappa shape index (κ1) is 10.7. The highest BCUT2D eigenvalue weighted by molar-refractivity contribution is 6.30. The van der Waals surface area contributed by atoms with E-state index in [0.717, 1.165) is 12.5 Å². The van der Waals surface area contributed by atoms with Crippen LogP contribution in [0, 0.1) is 11.7 Å². The van der Waals surface area contributed by atoms with Crippen LogP contribution in [-0.4, -0.2) is 5.11 Å². The van der Waals surface area contributed by atoms with Gasteiger partial charge in [-0.05, 0) is 24.5 Å². The molecular weight excluding hydrogens is 217 g/mol. The molecule has 1 aromatic rings. The van der Waals surface area contributed by atoms with Crippen molar-refractivity contribution in [3.63, 3.8) is 0 Å². The second-order valence-corrected chi connectivity index (χ2v) is 4.55. The zero-order valence-electron chi connectivity index (χ0n) is 8.21. The van der Waals surface area contributed by atoms with E-state index in [1.54, 1.807) is 0 Å². The number of nitrogens with two attached hydrogens (primary N) is 1. The average Bonchev–Trinajstić information content (AvgIpc) is 2.94. The molecule has 0 aliphatic heterocycles. The summed E-state index contributed by atoms with van der Waals surface area (Å²) < 4.78 is 13.2. The molecule has 0 spiro atoms. The molecule has 0 radical (unpaired) electrons. The van der Waals surface area contributed by atoms with Crippen LogP contribution < -0.4 is 5.73 Å². The molecule has 4 heteroatoms. The van der Waals surface area contributed by atoms with Crippen LogP contribution in [0.2, 0.25) is 5.02 Å². The van der Waals surface area contributed by atoms with Gasteiger partial charge in [0.25, 0.3) is 0 Å². The van der Waals surface area contributed by atoms with Crippen molar-refractivity contribution in [1.82, 2.24) is 0 Å². The summed E-state index contributed by atoms with van der Waals surface area (Å²) in [5, 5.41) is 9.78. The molecule has 0 aromatic heterocycles. The third-order valence-electron chi connectivity index (χ3n) is 2.74. The van der Waals surface area contributed by atoms with Crippen LogP contribution in [-0.2, 0) is 0 Å². The monoisotopic (exact) mass is 229 g/mol. The molecule has 1 aliphatic carbocycles. The van der Waals surface area contributed by atoms with Crippen molar-refractivity contribution in [3.05, 3.63) is 28.5 Å². The fraction of sp³-hybridized carbons (Fsp3) is 0.455. The summed E-state index contributed by atoms with van der Waals surface area (Å²) in [6.45, 7) is 0. The summed E-state index contributed by atoms with van der Waals surface area (Å²) in [4.78, 5) is 0. The Labute approximate surface area is 92.9 Å². The quantitative estimate of drug-likeness (QED) is 0.837. The maximum Gasteiger partial charge on any atom is 0.166 e. The zero-order valence-corrected chi connectivity index (χ0v) is 8.97. The summed E-state index contributed by atoms with van der Waals surface area (Å²) in [6, 6.07) is 2.29. The zero-order chi connectivity index (χ0) is 11.0. The summed E-state index contributed by atoms with van der Waals surface area (Å²) >= 11 is 5.71. The maximum atomic E-state index is 13.2. The van der Waals surface area contributed by atoms with Crippen molar-refractivity contribution in [3.8, 4) is 5.75 Å². The van der Waals surface area contributed by atoms with E-state index in [1.165, 1.54) is 18.9 Å². The van der Waals surface area contributed by atoms with Gasteiger partial charge >= 0.3 is 0 Å². The number of phenols is 1. The third kappa shape index (κ3) is 2.41. The molecule has 1 aromatic carbocycles. The fourth-order valence-corrected chi connectivity index (χ4v) is 1.92. The number of halogens is 2. The fourth-order valence-electron chi connectivity index (χ4n) is 1.71. The van der Waals surface area contributed by atoms with E-state index in [0.29, 0.717) is 11.5 Å².